The topological polar surface area (TPSA) is 66.4 Å². The summed E-state index contributed by atoms with van der Waals surface area (Å²) in [5.74, 6) is 2.38. The number of rotatable bonds is 1. The molecule has 2 aliphatic rings. The van der Waals surface area contributed by atoms with Gasteiger partial charge in [0.2, 0.25) is 13.0 Å². The highest BCUT2D eigenvalue weighted by Gasteiger charge is 2.19. The molecule has 22 heavy (non-hydrogen) atoms. The summed E-state index contributed by atoms with van der Waals surface area (Å²) in [7, 11) is 1.53. The molecule has 116 valence electrons. The molecular formula is C16H16O6. The lowest BCUT2D eigenvalue weighted by atomic mass is 10.3. The lowest BCUT2D eigenvalue weighted by Crippen LogP contribution is -2.11. The predicted octanol–water partition coefficient (Wildman–Crippen LogP) is 2.93. The zero-order valence-corrected chi connectivity index (χ0v) is 12.0. The molecule has 2 aliphatic heterocycles. The zero-order valence-electron chi connectivity index (χ0n) is 15.0. The summed E-state index contributed by atoms with van der Waals surface area (Å²) >= 11 is 0. The van der Waals surface area contributed by atoms with Crippen LogP contribution in [0.1, 0.15) is 11.0 Å². The Morgan fingerprint density at radius 3 is 2.64 bits per heavy atom. The van der Waals surface area contributed by atoms with Crippen molar-refractivity contribution in [3.05, 3.63) is 36.4 Å². The lowest BCUT2D eigenvalue weighted by molar-refractivity contribution is 0.0678. The van der Waals surface area contributed by atoms with Crippen molar-refractivity contribution in [2.45, 2.75) is 13.2 Å². The van der Waals surface area contributed by atoms with Gasteiger partial charge < -0.3 is 28.8 Å². The average Bonchev–Trinajstić information content (AvgIpc) is 2.99. The van der Waals surface area contributed by atoms with E-state index >= 15 is 0 Å². The molecule has 0 aliphatic carbocycles. The van der Waals surface area contributed by atoms with Crippen LogP contribution in [0.4, 0.5) is 0 Å². The Morgan fingerprint density at radius 2 is 1.82 bits per heavy atom. The molecule has 6 nitrogen and oxygen atoms in total. The predicted molar refractivity (Wildman–Crippen MR) is 77.9 cm³/mol. The number of fused-ring (bicyclic) bond motifs is 2. The maximum absolute atomic E-state index is 9.07. The van der Waals surface area contributed by atoms with Gasteiger partial charge in [0.15, 0.2) is 23.0 Å². The third-order valence-corrected chi connectivity index (χ3v) is 2.89. The van der Waals surface area contributed by atoms with E-state index in [1.165, 1.54) is 26.2 Å². The Labute approximate surface area is 132 Å². The highest BCUT2D eigenvalue weighted by atomic mass is 16.7. The van der Waals surface area contributed by atoms with Gasteiger partial charge in [0.05, 0.1) is 7.11 Å². The number of phenolic OH excluding ortho intramolecular Hbond substituents is 1. The van der Waals surface area contributed by atoms with Gasteiger partial charge in [-0.05, 0) is 24.3 Å². The second-order valence-corrected chi connectivity index (χ2v) is 4.43. The maximum Gasteiger partial charge on any atom is 0.238 e. The fraction of sp³-hybridized carbons (Fsp3) is 0.250. The van der Waals surface area contributed by atoms with E-state index in [1.807, 2.05) is 0 Å². The standard InChI is InChI=1S/2C8H8O3/c1-9-6-2-3-7-8(4-6)11-5-10-7;1-5-10-7-3-2-6(9)4-8(7)11-5/h2-4H,5H2,1H3;2-5,9H,1H3/i5D2;5D. The van der Waals surface area contributed by atoms with Gasteiger partial charge in [0.25, 0.3) is 0 Å². The van der Waals surface area contributed by atoms with Gasteiger partial charge in [0, 0.05) is 19.1 Å². The Bertz CT molecular complexity index is 793. The molecule has 6 heteroatoms. The fourth-order valence-electron chi connectivity index (χ4n) is 1.88. The van der Waals surface area contributed by atoms with E-state index in [4.69, 9.17) is 32.9 Å². The second-order valence-electron chi connectivity index (χ2n) is 4.43. The van der Waals surface area contributed by atoms with Crippen LogP contribution in [0.2, 0.25) is 0 Å². The SMILES string of the molecule is [2H]C1(C)Oc2ccc(O)cc2O1.[2H]C1([2H])Oc2ccc(OC)cc2O1. The van der Waals surface area contributed by atoms with Crippen LogP contribution in [0.5, 0.6) is 34.5 Å². The van der Waals surface area contributed by atoms with Gasteiger partial charge in [-0.2, -0.15) is 0 Å². The Hall–Kier alpha value is -2.76. The number of ether oxygens (including phenoxy) is 5. The van der Waals surface area contributed by atoms with Crippen molar-refractivity contribution in [2.75, 3.05) is 13.9 Å². The van der Waals surface area contributed by atoms with Crippen LogP contribution >= 0.6 is 0 Å². The Kier molecular flexibility index (Phi) is 2.94. The molecule has 0 aromatic heterocycles. The van der Waals surface area contributed by atoms with Crippen LogP contribution in [-0.2, 0) is 0 Å². The Morgan fingerprint density at radius 1 is 1.09 bits per heavy atom. The van der Waals surface area contributed by atoms with Crippen molar-refractivity contribution >= 4 is 0 Å². The van der Waals surface area contributed by atoms with Crippen LogP contribution in [0.15, 0.2) is 36.4 Å². The molecule has 1 unspecified atom stereocenters. The second kappa shape index (κ2) is 5.93. The van der Waals surface area contributed by atoms with E-state index in [9.17, 15) is 0 Å². The minimum Gasteiger partial charge on any atom is -0.508 e. The summed E-state index contributed by atoms with van der Waals surface area (Å²) < 4.78 is 46.6. The van der Waals surface area contributed by atoms with Crippen LogP contribution in [0, 0.1) is 0 Å². The summed E-state index contributed by atoms with van der Waals surface area (Å²) in [6, 6.07) is 9.37. The molecule has 1 N–H and O–H groups in total. The Balaban J connectivity index is 0.000000146. The van der Waals surface area contributed by atoms with Crippen molar-refractivity contribution < 1.29 is 32.9 Å². The fourth-order valence-corrected chi connectivity index (χ4v) is 1.88. The number of hydrogen-bond acceptors (Lipinski definition) is 6. The molecule has 2 heterocycles. The highest BCUT2D eigenvalue weighted by Crippen LogP contribution is 2.37. The first-order valence-electron chi connectivity index (χ1n) is 7.95. The number of phenols is 1. The summed E-state index contributed by atoms with van der Waals surface area (Å²) in [6.07, 6.45) is -1.36. The lowest BCUT2D eigenvalue weighted by Gasteiger charge is -1.99. The first kappa shape index (κ1) is 10.9. The van der Waals surface area contributed by atoms with Crippen LogP contribution in [-0.4, -0.2) is 25.2 Å². The normalized spacial score (nSPS) is 24.4. The van der Waals surface area contributed by atoms with Crippen LogP contribution < -0.4 is 23.7 Å². The molecule has 4 rings (SSSR count). The first-order chi connectivity index (χ1) is 11.7. The molecule has 0 bridgehead atoms. The van der Waals surface area contributed by atoms with Crippen LogP contribution in [0.25, 0.3) is 0 Å². The van der Waals surface area contributed by atoms with Crippen LogP contribution in [0.3, 0.4) is 0 Å². The van der Waals surface area contributed by atoms with E-state index in [0.29, 0.717) is 28.7 Å². The monoisotopic (exact) mass is 307 g/mol. The van der Waals surface area contributed by atoms with Gasteiger partial charge in [-0.15, -0.1) is 0 Å². The van der Waals surface area contributed by atoms with Gasteiger partial charge in [-0.1, -0.05) is 0 Å². The first-order valence-corrected chi connectivity index (χ1v) is 6.45. The molecule has 0 radical (unpaired) electrons. The van der Waals surface area contributed by atoms with Crippen molar-refractivity contribution in [3.8, 4) is 34.5 Å². The van der Waals surface area contributed by atoms with Crippen molar-refractivity contribution in [1.29, 1.82) is 0 Å². The average molecular weight is 307 g/mol. The molecule has 0 fully saturated rings. The van der Waals surface area contributed by atoms with Gasteiger partial charge >= 0.3 is 0 Å². The molecule has 0 spiro atoms. The van der Waals surface area contributed by atoms with E-state index in [0.717, 1.165) is 0 Å². The zero-order chi connectivity index (χ0) is 18.2. The smallest absolute Gasteiger partial charge is 0.238 e. The summed E-state index contributed by atoms with van der Waals surface area (Å²) in [4.78, 5) is 0. The molecule has 1 atom stereocenters. The van der Waals surface area contributed by atoms with E-state index < -0.39 is 13.0 Å². The quantitative estimate of drug-likeness (QED) is 0.874. The molecule has 0 saturated heterocycles. The van der Waals surface area contributed by atoms with E-state index in [2.05, 4.69) is 0 Å². The third kappa shape index (κ3) is 2.95. The summed E-state index contributed by atoms with van der Waals surface area (Å²) in [5.41, 5.74) is 0. The largest absolute Gasteiger partial charge is 0.508 e. The summed E-state index contributed by atoms with van der Waals surface area (Å²) in [5, 5.41) is 9.07. The van der Waals surface area contributed by atoms with Gasteiger partial charge in [-0.25, -0.2) is 0 Å². The number of benzene rings is 2. The number of aromatic hydroxyl groups is 1. The third-order valence-electron chi connectivity index (χ3n) is 2.89. The molecule has 0 saturated carbocycles. The van der Waals surface area contributed by atoms with E-state index in [1.54, 1.807) is 24.3 Å². The molecule has 0 amide bonds. The molecule has 2 aromatic carbocycles. The molecule has 2 aromatic rings. The number of methoxy groups -OCH3 is 1. The van der Waals surface area contributed by atoms with Gasteiger partial charge in [-0.3, -0.25) is 0 Å². The number of hydrogen-bond donors (Lipinski definition) is 1. The summed E-state index contributed by atoms with van der Waals surface area (Å²) in [6.45, 7) is -0.571. The van der Waals surface area contributed by atoms with Crippen molar-refractivity contribution in [2.24, 2.45) is 0 Å². The van der Waals surface area contributed by atoms with Gasteiger partial charge in [0.1, 0.15) is 15.6 Å². The van der Waals surface area contributed by atoms with E-state index in [-0.39, 0.29) is 5.75 Å². The van der Waals surface area contributed by atoms with Crippen molar-refractivity contribution in [3.63, 3.8) is 0 Å². The van der Waals surface area contributed by atoms with Crippen molar-refractivity contribution in [1.82, 2.24) is 0 Å². The minimum absolute atomic E-state index is 0.107. The molecular weight excluding hydrogens is 288 g/mol. The maximum atomic E-state index is 9.07. The minimum atomic E-state index is -2.06. The highest BCUT2D eigenvalue weighted by molar-refractivity contribution is 5.47.